The minimum atomic E-state index is -2.80. The molecule has 0 saturated carbocycles. The summed E-state index contributed by atoms with van der Waals surface area (Å²) in [6.07, 6.45) is 0.777. The summed E-state index contributed by atoms with van der Waals surface area (Å²) in [5.41, 5.74) is 0.884. The smallest absolute Gasteiger partial charge is 0.387 e. The van der Waals surface area contributed by atoms with E-state index in [1.54, 1.807) is 12.1 Å². The van der Waals surface area contributed by atoms with Crippen molar-refractivity contribution < 1.29 is 18.3 Å². The molecular formula is C14H19F2NO2. The maximum Gasteiger partial charge on any atom is 0.387 e. The van der Waals surface area contributed by atoms with Gasteiger partial charge in [-0.3, -0.25) is 0 Å². The highest BCUT2D eigenvalue weighted by atomic mass is 19.3. The molecule has 5 heteroatoms. The molecule has 3 nitrogen and oxygen atoms in total. The van der Waals surface area contributed by atoms with E-state index in [2.05, 4.69) is 23.9 Å². The molecule has 1 fully saturated rings. The molecule has 1 N–H and O–H groups in total. The van der Waals surface area contributed by atoms with Crippen LogP contribution in [0.3, 0.4) is 0 Å². The normalized spacial score (nSPS) is 23.1. The van der Waals surface area contributed by atoms with Gasteiger partial charge in [0.1, 0.15) is 5.75 Å². The summed E-state index contributed by atoms with van der Waals surface area (Å²) in [7, 11) is 0. The molecule has 1 aromatic carbocycles. The predicted octanol–water partition coefficient (Wildman–Crippen LogP) is 3.12. The Labute approximate surface area is 111 Å². The van der Waals surface area contributed by atoms with E-state index in [0.29, 0.717) is 13.2 Å². The molecule has 0 aromatic heterocycles. The lowest BCUT2D eigenvalue weighted by atomic mass is 10.0. The lowest BCUT2D eigenvalue weighted by Crippen LogP contribution is -2.39. The van der Waals surface area contributed by atoms with E-state index in [1.807, 2.05) is 6.07 Å². The summed E-state index contributed by atoms with van der Waals surface area (Å²) in [4.78, 5) is 0. The highest BCUT2D eigenvalue weighted by molar-refractivity contribution is 5.30. The first-order valence-electron chi connectivity index (χ1n) is 6.38. The summed E-state index contributed by atoms with van der Waals surface area (Å²) in [6.45, 7) is 2.74. The fourth-order valence-corrected chi connectivity index (χ4v) is 2.08. The van der Waals surface area contributed by atoms with E-state index < -0.39 is 6.61 Å². The van der Waals surface area contributed by atoms with E-state index >= 15 is 0 Å². The van der Waals surface area contributed by atoms with Crippen LogP contribution in [0.15, 0.2) is 24.3 Å². The van der Waals surface area contributed by atoms with E-state index in [1.165, 1.54) is 6.07 Å². The van der Waals surface area contributed by atoms with Crippen molar-refractivity contribution in [1.82, 2.24) is 5.32 Å². The molecule has 1 aliphatic heterocycles. The Balaban J connectivity index is 2.08. The van der Waals surface area contributed by atoms with Gasteiger partial charge in [0.15, 0.2) is 0 Å². The minimum Gasteiger partial charge on any atom is -0.435 e. The van der Waals surface area contributed by atoms with Gasteiger partial charge in [0.05, 0.1) is 6.10 Å². The lowest BCUT2D eigenvalue weighted by molar-refractivity contribution is -0.0500. The summed E-state index contributed by atoms with van der Waals surface area (Å²) in [5.74, 6) is 0.166. The number of hydrogen-bond acceptors (Lipinski definition) is 3. The van der Waals surface area contributed by atoms with Gasteiger partial charge in [0.25, 0.3) is 0 Å². The number of nitrogens with one attached hydrogen (secondary N) is 1. The molecule has 1 atom stereocenters. The van der Waals surface area contributed by atoms with Crippen LogP contribution in [0.2, 0.25) is 0 Å². The van der Waals surface area contributed by atoms with Crippen LogP contribution in [0, 0.1) is 0 Å². The zero-order valence-corrected chi connectivity index (χ0v) is 11.2. The molecule has 1 aliphatic rings. The van der Waals surface area contributed by atoms with Crippen LogP contribution in [0.25, 0.3) is 0 Å². The van der Waals surface area contributed by atoms with Gasteiger partial charge in [0, 0.05) is 18.7 Å². The van der Waals surface area contributed by atoms with E-state index in [0.717, 1.165) is 12.0 Å². The van der Waals surface area contributed by atoms with E-state index in [4.69, 9.17) is 4.74 Å². The van der Waals surface area contributed by atoms with E-state index in [-0.39, 0.29) is 17.4 Å². The third-order valence-corrected chi connectivity index (χ3v) is 3.27. The molecule has 106 valence electrons. The van der Waals surface area contributed by atoms with Crippen molar-refractivity contribution in [1.29, 1.82) is 0 Å². The molecule has 0 amide bonds. The van der Waals surface area contributed by atoms with Crippen molar-refractivity contribution in [2.45, 2.75) is 38.5 Å². The van der Waals surface area contributed by atoms with Gasteiger partial charge in [-0.1, -0.05) is 12.1 Å². The molecule has 1 saturated heterocycles. The number of alkyl halides is 2. The number of benzene rings is 1. The first kappa shape index (κ1) is 14.2. The maximum absolute atomic E-state index is 12.2. The van der Waals surface area contributed by atoms with Crippen LogP contribution in [0.1, 0.15) is 31.9 Å². The first-order chi connectivity index (χ1) is 8.96. The summed E-state index contributed by atoms with van der Waals surface area (Å²) in [6, 6.07) is 6.69. The molecule has 0 aliphatic carbocycles. The SMILES string of the molecule is CC1(C)CCOC(c2cccc(OC(F)F)c2)CN1. The van der Waals surface area contributed by atoms with Gasteiger partial charge in [-0.25, -0.2) is 0 Å². The topological polar surface area (TPSA) is 30.5 Å². The predicted molar refractivity (Wildman–Crippen MR) is 68.5 cm³/mol. The molecule has 19 heavy (non-hydrogen) atoms. The molecule has 1 unspecified atom stereocenters. The van der Waals surface area contributed by atoms with Crippen molar-refractivity contribution in [3.63, 3.8) is 0 Å². The van der Waals surface area contributed by atoms with Gasteiger partial charge >= 0.3 is 6.61 Å². The second kappa shape index (κ2) is 5.84. The average Bonchev–Trinajstić information content (AvgIpc) is 2.50. The Morgan fingerprint density at radius 2 is 2.21 bits per heavy atom. The van der Waals surface area contributed by atoms with Crippen LogP contribution in [0.5, 0.6) is 5.75 Å². The van der Waals surface area contributed by atoms with Crippen LogP contribution < -0.4 is 10.1 Å². The highest BCUT2D eigenvalue weighted by Crippen LogP contribution is 2.26. The Hall–Kier alpha value is -1.20. The fourth-order valence-electron chi connectivity index (χ4n) is 2.08. The molecule has 2 rings (SSSR count). The standard InChI is InChI=1S/C14H19F2NO2/c1-14(2)6-7-18-12(9-17-14)10-4-3-5-11(8-10)19-13(15)16/h3-5,8,12-13,17H,6-7,9H2,1-2H3. The molecular weight excluding hydrogens is 252 g/mol. The van der Waals surface area contributed by atoms with Crippen molar-refractivity contribution in [3.8, 4) is 5.75 Å². The molecule has 0 radical (unpaired) electrons. The zero-order valence-electron chi connectivity index (χ0n) is 11.2. The minimum absolute atomic E-state index is 0.0336. The Bertz CT molecular complexity index is 424. The number of hydrogen-bond donors (Lipinski definition) is 1. The maximum atomic E-state index is 12.2. The molecule has 0 bridgehead atoms. The molecule has 0 spiro atoms. The van der Waals surface area contributed by atoms with Gasteiger partial charge in [0.2, 0.25) is 0 Å². The van der Waals surface area contributed by atoms with Crippen LogP contribution >= 0.6 is 0 Å². The van der Waals surface area contributed by atoms with E-state index in [9.17, 15) is 8.78 Å². The molecule has 1 aromatic rings. The number of ether oxygens (including phenoxy) is 2. The second-order valence-corrected chi connectivity index (χ2v) is 5.33. The van der Waals surface area contributed by atoms with Crippen LogP contribution in [0.4, 0.5) is 8.78 Å². The van der Waals surface area contributed by atoms with Crippen molar-refractivity contribution in [2.24, 2.45) is 0 Å². The van der Waals surface area contributed by atoms with Gasteiger partial charge < -0.3 is 14.8 Å². The van der Waals surface area contributed by atoms with Gasteiger partial charge in [-0.15, -0.1) is 0 Å². The van der Waals surface area contributed by atoms with Crippen LogP contribution in [-0.4, -0.2) is 25.3 Å². The third-order valence-electron chi connectivity index (χ3n) is 3.27. The Kier molecular flexibility index (Phi) is 4.37. The quantitative estimate of drug-likeness (QED) is 0.916. The number of halogens is 2. The second-order valence-electron chi connectivity index (χ2n) is 5.33. The third kappa shape index (κ3) is 4.14. The van der Waals surface area contributed by atoms with Crippen molar-refractivity contribution in [2.75, 3.05) is 13.2 Å². The highest BCUT2D eigenvalue weighted by Gasteiger charge is 2.25. The summed E-state index contributed by atoms with van der Waals surface area (Å²) >= 11 is 0. The molecule has 1 heterocycles. The largest absolute Gasteiger partial charge is 0.435 e. The zero-order chi connectivity index (χ0) is 13.9. The number of rotatable bonds is 3. The first-order valence-corrected chi connectivity index (χ1v) is 6.38. The van der Waals surface area contributed by atoms with Crippen LogP contribution in [-0.2, 0) is 4.74 Å². The summed E-state index contributed by atoms with van der Waals surface area (Å²) < 4.78 is 34.6. The fraction of sp³-hybridized carbons (Fsp3) is 0.571. The Morgan fingerprint density at radius 1 is 1.42 bits per heavy atom. The Morgan fingerprint density at radius 3 is 2.95 bits per heavy atom. The van der Waals surface area contributed by atoms with Gasteiger partial charge in [-0.05, 0) is 38.0 Å². The van der Waals surface area contributed by atoms with Crippen molar-refractivity contribution in [3.05, 3.63) is 29.8 Å². The van der Waals surface area contributed by atoms with Crippen molar-refractivity contribution >= 4 is 0 Å². The monoisotopic (exact) mass is 271 g/mol. The average molecular weight is 271 g/mol. The lowest BCUT2D eigenvalue weighted by Gasteiger charge is -2.23. The van der Waals surface area contributed by atoms with Gasteiger partial charge in [-0.2, -0.15) is 8.78 Å². The summed E-state index contributed by atoms with van der Waals surface area (Å²) in [5, 5.41) is 3.42.